The molecule has 0 unspecified atom stereocenters. The Labute approximate surface area is 110 Å². The maximum absolute atomic E-state index is 12.4. The van der Waals surface area contributed by atoms with Gasteiger partial charge in [0.15, 0.2) is 0 Å². The van der Waals surface area contributed by atoms with Crippen LogP contribution in [0.15, 0.2) is 0 Å². The molecule has 0 bridgehead atoms. The molecule has 1 saturated carbocycles. The summed E-state index contributed by atoms with van der Waals surface area (Å²) in [5.41, 5.74) is -0.233. The molecular weight excluding hydrogens is 226 g/mol. The van der Waals surface area contributed by atoms with Crippen LogP contribution in [0.25, 0.3) is 0 Å². The second-order valence-electron chi connectivity index (χ2n) is 5.99. The molecule has 2 rings (SSSR count). The lowest BCUT2D eigenvalue weighted by atomic mass is 9.75. The molecular formula is C15H25NO2. The van der Waals surface area contributed by atoms with E-state index in [0.29, 0.717) is 6.42 Å². The van der Waals surface area contributed by atoms with Gasteiger partial charge in [0, 0.05) is 11.8 Å². The minimum atomic E-state index is -0.233. The van der Waals surface area contributed by atoms with Crippen LogP contribution in [0.5, 0.6) is 0 Å². The van der Waals surface area contributed by atoms with E-state index in [9.17, 15) is 9.59 Å². The molecule has 3 nitrogen and oxygen atoms in total. The van der Waals surface area contributed by atoms with Gasteiger partial charge in [-0.1, -0.05) is 44.9 Å². The van der Waals surface area contributed by atoms with E-state index in [1.807, 2.05) is 0 Å². The van der Waals surface area contributed by atoms with Crippen molar-refractivity contribution in [1.82, 2.24) is 5.32 Å². The SMILES string of the molecule is O=C1CCCCCCC2(CCCCCC2)C(=O)N1. The molecule has 2 aliphatic rings. The van der Waals surface area contributed by atoms with Crippen molar-refractivity contribution in [3.05, 3.63) is 0 Å². The van der Waals surface area contributed by atoms with E-state index < -0.39 is 0 Å². The number of rotatable bonds is 0. The molecule has 2 fully saturated rings. The van der Waals surface area contributed by atoms with Gasteiger partial charge in [-0.05, 0) is 25.7 Å². The monoisotopic (exact) mass is 251 g/mol. The van der Waals surface area contributed by atoms with Crippen molar-refractivity contribution >= 4 is 11.8 Å². The normalized spacial score (nSPS) is 26.4. The first kappa shape index (κ1) is 13.6. The smallest absolute Gasteiger partial charge is 0.232 e. The van der Waals surface area contributed by atoms with Gasteiger partial charge in [0.05, 0.1) is 0 Å². The molecule has 0 radical (unpaired) electrons. The Kier molecular flexibility index (Phi) is 4.79. The van der Waals surface area contributed by atoms with Gasteiger partial charge in [-0.25, -0.2) is 0 Å². The van der Waals surface area contributed by atoms with Crippen molar-refractivity contribution < 1.29 is 9.59 Å². The fourth-order valence-corrected chi connectivity index (χ4v) is 3.42. The van der Waals surface area contributed by atoms with Crippen molar-refractivity contribution in [2.45, 2.75) is 77.0 Å². The van der Waals surface area contributed by atoms with E-state index >= 15 is 0 Å². The summed E-state index contributed by atoms with van der Waals surface area (Å²) in [5.74, 6) is -0.0400. The molecule has 3 heteroatoms. The molecule has 0 atom stereocenters. The first-order chi connectivity index (χ1) is 8.73. The first-order valence-electron chi connectivity index (χ1n) is 7.57. The van der Waals surface area contributed by atoms with Gasteiger partial charge in [-0.15, -0.1) is 0 Å². The summed E-state index contributed by atoms with van der Waals surface area (Å²) in [4.78, 5) is 24.1. The second-order valence-corrected chi connectivity index (χ2v) is 5.99. The standard InChI is InChI=1S/C15H25NO2/c17-13-9-5-1-2-6-10-15(14(18)16-13)11-7-3-4-8-12-15/h1-12H2,(H,16,17,18). The zero-order valence-corrected chi connectivity index (χ0v) is 11.3. The maximum atomic E-state index is 12.4. The molecule has 1 aliphatic carbocycles. The van der Waals surface area contributed by atoms with Crippen molar-refractivity contribution in [3.63, 3.8) is 0 Å². The van der Waals surface area contributed by atoms with Crippen LogP contribution in [0.4, 0.5) is 0 Å². The highest BCUT2D eigenvalue weighted by Crippen LogP contribution is 2.40. The maximum Gasteiger partial charge on any atom is 0.232 e. The minimum absolute atomic E-state index is 0.0244. The summed E-state index contributed by atoms with van der Waals surface area (Å²) < 4.78 is 0. The quantitative estimate of drug-likeness (QED) is 0.671. The lowest BCUT2D eigenvalue weighted by Gasteiger charge is -2.31. The van der Waals surface area contributed by atoms with Gasteiger partial charge in [0.1, 0.15) is 0 Å². The van der Waals surface area contributed by atoms with Crippen molar-refractivity contribution in [2.75, 3.05) is 0 Å². The van der Waals surface area contributed by atoms with Crippen molar-refractivity contribution in [3.8, 4) is 0 Å². The zero-order valence-electron chi connectivity index (χ0n) is 11.3. The number of amides is 2. The molecule has 1 heterocycles. The molecule has 0 aromatic rings. The van der Waals surface area contributed by atoms with E-state index in [0.717, 1.165) is 51.4 Å². The summed E-state index contributed by atoms with van der Waals surface area (Å²) in [6.07, 6.45) is 12.6. The van der Waals surface area contributed by atoms with E-state index in [1.54, 1.807) is 0 Å². The van der Waals surface area contributed by atoms with Crippen LogP contribution in [0.2, 0.25) is 0 Å². The molecule has 1 saturated heterocycles. The average Bonchev–Trinajstić information content (AvgIpc) is 2.59. The van der Waals surface area contributed by atoms with Gasteiger partial charge in [-0.2, -0.15) is 0 Å². The van der Waals surface area contributed by atoms with Gasteiger partial charge in [-0.3, -0.25) is 14.9 Å². The highest BCUT2D eigenvalue weighted by molar-refractivity contribution is 5.98. The van der Waals surface area contributed by atoms with E-state index in [-0.39, 0.29) is 17.2 Å². The highest BCUT2D eigenvalue weighted by Gasteiger charge is 2.38. The largest absolute Gasteiger partial charge is 0.296 e. The molecule has 18 heavy (non-hydrogen) atoms. The van der Waals surface area contributed by atoms with Crippen LogP contribution in [-0.2, 0) is 9.59 Å². The van der Waals surface area contributed by atoms with Crippen LogP contribution >= 0.6 is 0 Å². The third kappa shape index (κ3) is 3.33. The van der Waals surface area contributed by atoms with E-state index in [2.05, 4.69) is 5.32 Å². The van der Waals surface area contributed by atoms with Crippen molar-refractivity contribution in [1.29, 1.82) is 0 Å². The summed E-state index contributed by atoms with van der Waals surface area (Å²) >= 11 is 0. The average molecular weight is 251 g/mol. The van der Waals surface area contributed by atoms with Crippen LogP contribution < -0.4 is 5.32 Å². The van der Waals surface area contributed by atoms with Crippen molar-refractivity contribution in [2.24, 2.45) is 5.41 Å². The number of hydrogen-bond acceptors (Lipinski definition) is 2. The summed E-state index contributed by atoms with van der Waals surface area (Å²) in [6.45, 7) is 0. The van der Waals surface area contributed by atoms with Crippen LogP contribution in [-0.4, -0.2) is 11.8 Å². The first-order valence-corrected chi connectivity index (χ1v) is 7.57. The Hall–Kier alpha value is -0.860. The molecule has 1 N–H and O–H groups in total. The summed E-state index contributed by atoms with van der Waals surface area (Å²) in [7, 11) is 0. The Balaban J connectivity index is 2.11. The van der Waals surface area contributed by atoms with Gasteiger partial charge in [0.25, 0.3) is 0 Å². The van der Waals surface area contributed by atoms with Crippen LogP contribution in [0, 0.1) is 5.41 Å². The van der Waals surface area contributed by atoms with Crippen LogP contribution in [0.1, 0.15) is 77.0 Å². The van der Waals surface area contributed by atoms with Crippen LogP contribution in [0.3, 0.4) is 0 Å². The summed E-state index contributed by atoms with van der Waals surface area (Å²) in [6, 6.07) is 0. The van der Waals surface area contributed by atoms with E-state index in [4.69, 9.17) is 0 Å². The Morgan fingerprint density at radius 2 is 1.22 bits per heavy atom. The number of carbonyl (C=O) groups excluding carboxylic acids is 2. The minimum Gasteiger partial charge on any atom is -0.296 e. The number of hydrogen-bond donors (Lipinski definition) is 1. The second kappa shape index (κ2) is 6.35. The summed E-state index contributed by atoms with van der Waals surface area (Å²) in [5, 5.41) is 2.66. The van der Waals surface area contributed by atoms with Gasteiger partial charge < -0.3 is 0 Å². The molecule has 0 aromatic heterocycles. The number of imide groups is 1. The third-order valence-electron chi connectivity index (χ3n) is 4.60. The highest BCUT2D eigenvalue weighted by atomic mass is 16.2. The lowest BCUT2D eigenvalue weighted by molar-refractivity contribution is -0.138. The zero-order chi connectivity index (χ0) is 12.8. The molecule has 0 aromatic carbocycles. The van der Waals surface area contributed by atoms with Gasteiger partial charge >= 0.3 is 0 Å². The Morgan fingerprint density at radius 1 is 0.722 bits per heavy atom. The Bertz CT molecular complexity index is 304. The fraction of sp³-hybridized carbons (Fsp3) is 0.867. The Morgan fingerprint density at radius 3 is 1.78 bits per heavy atom. The lowest BCUT2D eigenvalue weighted by Crippen LogP contribution is -2.44. The predicted octanol–water partition coefficient (Wildman–Crippen LogP) is 3.32. The molecule has 102 valence electrons. The topological polar surface area (TPSA) is 46.2 Å². The molecule has 2 amide bonds. The number of carbonyl (C=O) groups is 2. The third-order valence-corrected chi connectivity index (χ3v) is 4.60. The van der Waals surface area contributed by atoms with Gasteiger partial charge in [0.2, 0.25) is 11.8 Å². The molecule has 1 aliphatic heterocycles. The number of nitrogens with one attached hydrogen (secondary N) is 1. The fourth-order valence-electron chi connectivity index (χ4n) is 3.42. The predicted molar refractivity (Wildman–Crippen MR) is 71.0 cm³/mol. The van der Waals surface area contributed by atoms with E-state index in [1.165, 1.54) is 19.3 Å². The molecule has 1 spiro atoms.